The third-order valence-corrected chi connectivity index (χ3v) is 20.9. The van der Waals surface area contributed by atoms with E-state index >= 15 is 0 Å². The number of nitrogens with zero attached hydrogens (tertiary/aromatic N) is 21. The number of rotatable bonds is 27. The number of nitrogens with one attached hydrogen (secondary N) is 6. The number of sulfonamides is 4. The molecule has 44 nitrogen and oxygen atoms in total. The van der Waals surface area contributed by atoms with Crippen molar-refractivity contribution in [3.05, 3.63) is 182 Å². The lowest BCUT2D eigenvalue weighted by Gasteiger charge is -2.10. The van der Waals surface area contributed by atoms with Gasteiger partial charge in [0.1, 0.15) is 29.0 Å². The van der Waals surface area contributed by atoms with Crippen LogP contribution in [0.3, 0.4) is 0 Å². The second-order valence-electron chi connectivity index (χ2n) is 24.6. The van der Waals surface area contributed by atoms with Gasteiger partial charge >= 0.3 is 0 Å². The summed E-state index contributed by atoms with van der Waals surface area (Å²) in [5.41, 5.74) is 26.9. The molecule has 6 aromatic carbocycles. The molecule has 0 unspecified atom stereocenters. The van der Waals surface area contributed by atoms with E-state index < -0.39 is 40.1 Å². The summed E-state index contributed by atoms with van der Waals surface area (Å²) >= 11 is 2.90. The molecule has 8 aromatic heterocycles. The van der Waals surface area contributed by atoms with Crippen LogP contribution in [-0.4, -0.2) is 200 Å². The van der Waals surface area contributed by atoms with Crippen LogP contribution in [0.4, 0.5) is 82.0 Å². The van der Waals surface area contributed by atoms with Gasteiger partial charge in [-0.1, -0.05) is 41.3 Å². The van der Waals surface area contributed by atoms with Gasteiger partial charge in [-0.2, -0.15) is 38.7 Å². The molecule has 50 heteroatoms. The number of benzene rings is 6. The number of anilines is 14. The Kier molecular flexibility index (Phi) is 26.5. The fourth-order valence-corrected chi connectivity index (χ4v) is 13.4. The van der Waals surface area contributed by atoms with Gasteiger partial charge in [-0.25, -0.2) is 59.2 Å². The maximum atomic E-state index is 11.4. The maximum Gasteiger partial charge on any atom is 0.248 e. The molecule has 14 rings (SSSR count). The molecule has 0 atom stereocenters. The fourth-order valence-electron chi connectivity index (χ4n) is 9.60. The lowest BCUT2D eigenvalue weighted by atomic mass is 10.3. The van der Waals surface area contributed by atoms with Crippen molar-refractivity contribution in [1.82, 2.24) is 104 Å². The van der Waals surface area contributed by atoms with Gasteiger partial charge in [0.05, 0.1) is 29.8 Å². The number of nitrogens with two attached hydrogens (primary N) is 8. The number of primary sulfonamides is 4. The van der Waals surface area contributed by atoms with Crippen molar-refractivity contribution < 1.29 is 38.4 Å². The summed E-state index contributed by atoms with van der Waals surface area (Å²) in [6.45, 7) is 3.02. The average molecular weight is 1690 g/mol. The summed E-state index contributed by atoms with van der Waals surface area (Å²) in [6.07, 6.45) is 0. The van der Waals surface area contributed by atoms with E-state index in [1.165, 1.54) is 102 Å². The van der Waals surface area contributed by atoms with E-state index in [-0.39, 0.29) is 67.2 Å². The highest BCUT2D eigenvalue weighted by Gasteiger charge is 2.20. The number of fused-ring (bicyclic) bond motifs is 1. The van der Waals surface area contributed by atoms with E-state index in [1.54, 1.807) is 73.8 Å². The summed E-state index contributed by atoms with van der Waals surface area (Å²) in [5, 5.41) is 81.1. The van der Waals surface area contributed by atoms with Gasteiger partial charge in [-0.15, -0.1) is 51.0 Å². The first kappa shape index (κ1) is 83.6. The lowest BCUT2D eigenvalue weighted by molar-refractivity contribution is 0.261. The van der Waals surface area contributed by atoms with Crippen molar-refractivity contribution in [3.8, 4) is 28.3 Å². The molecule has 0 aliphatic heterocycles. The van der Waals surface area contributed by atoms with Crippen LogP contribution in [0.1, 0.15) is 0 Å². The molecule has 0 saturated heterocycles. The largest absolute Gasteiger partial charge is 0.492 e. The Morgan fingerprint density at radius 2 is 0.802 bits per heavy atom. The van der Waals surface area contributed by atoms with Crippen LogP contribution in [0, 0.1) is 0 Å². The summed E-state index contributed by atoms with van der Waals surface area (Å²) in [5.74, 6) is 4.68. The molecule has 14 aromatic rings. The molecule has 0 saturated carbocycles. The monoisotopic (exact) mass is 1690 g/mol. The van der Waals surface area contributed by atoms with Gasteiger partial charge in [0.15, 0.2) is 17.5 Å². The third kappa shape index (κ3) is 23.2. The number of hydrogen-bond donors (Lipinski definition) is 14. The van der Waals surface area contributed by atoms with Gasteiger partial charge in [0.25, 0.3) is 0 Å². The van der Waals surface area contributed by atoms with E-state index in [0.29, 0.717) is 63.6 Å². The van der Waals surface area contributed by atoms with Crippen molar-refractivity contribution in [1.29, 1.82) is 0 Å². The Hall–Kier alpha value is -13.3. The molecular formula is C66H75N35O9S6. The van der Waals surface area contributed by atoms with E-state index in [9.17, 15) is 33.7 Å². The SMILES string of the molecule is CN(C)CCNc1ccc(-n2nc(Nc3ccc(S(N)(=O)=O)cc3)nc2N)nn1.CN(C)CCOc1ccc2nc(-n3nc(Nc4ccc(S(N)(=O)=O)cc4)nc3N)sc2c1.CNc1ccc(-n2nc(Nc3ccc(S(N)(=O)=O)cc3)nc2N)nn1.Nc1nc(Nc2ccc(S(N)(=O)=O)cc2)nn1-c1ccc(Sc2ccccc2)nn1. The Balaban J connectivity index is 0.000000153. The van der Waals surface area contributed by atoms with Gasteiger partial charge in [0.2, 0.25) is 92.8 Å². The Morgan fingerprint density at radius 1 is 0.422 bits per heavy atom. The first-order valence-corrected chi connectivity index (χ1v) is 41.5. The number of ether oxygens (including phenoxy) is 1. The molecular weight excluding hydrogens is 1620 g/mol. The van der Waals surface area contributed by atoms with E-state index in [4.69, 9.17) is 48.2 Å². The topological polar surface area (TPSA) is 646 Å². The van der Waals surface area contributed by atoms with Crippen LogP contribution >= 0.6 is 23.1 Å². The average Bonchev–Trinajstić information content (AvgIpc) is 1.65. The lowest BCUT2D eigenvalue weighted by Crippen LogP contribution is -2.21. The van der Waals surface area contributed by atoms with Gasteiger partial charge < -0.3 is 69.4 Å². The molecule has 0 spiro atoms. The molecule has 0 amide bonds. The van der Waals surface area contributed by atoms with Crippen LogP contribution in [-0.2, 0) is 40.1 Å². The van der Waals surface area contributed by atoms with Gasteiger partial charge in [-0.3, -0.25) is 0 Å². The number of hydrogen-bond acceptors (Lipinski definition) is 38. The molecule has 0 radical (unpaired) electrons. The zero-order chi connectivity index (χ0) is 83.1. The van der Waals surface area contributed by atoms with Crippen molar-refractivity contribution in [2.24, 2.45) is 20.6 Å². The minimum Gasteiger partial charge on any atom is -0.492 e. The van der Waals surface area contributed by atoms with E-state index in [1.807, 2.05) is 82.8 Å². The summed E-state index contributed by atoms with van der Waals surface area (Å²) in [6, 6.07) is 49.5. The van der Waals surface area contributed by atoms with Crippen LogP contribution in [0.2, 0.25) is 0 Å². The Bertz CT molecular complexity index is 6150. The first-order chi connectivity index (χ1) is 55.1. The maximum absolute atomic E-state index is 11.4. The minimum absolute atomic E-state index is 0.00906. The van der Waals surface area contributed by atoms with E-state index in [2.05, 4.69) is 118 Å². The van der Waals surface area contributed by atoms with Crippen molar-refractivity contribution in [3.63, 3.8) is 0 Å². The highest BCUT2D eigenvalue weighted by Crippen LogP contribution is 2.32. The summed E-state index contributed by atoms with van der Waals surface area (Å²) < 4.78 is 103. The first-order valence-electron chi connectivity index (χ1n) is 33.7. The highest BCUT2D eigenvalue weighted by atomic mass is 32.2. The highest BCUT2D eigenvalue weighted by molar-refractivity contribution is 7.99. The third-order valence-electron chi connectivity index (χ3n) is 15.3. The predicted molar refractivity (Wildman–Crippen MR) is 439 cm³/mol. The van der Waals surface area contributed by atoms with Crippen molar-refractivity contribution in [2.75, 3.05) is 116 Å². The Labute approximate surface area is 670 Å². The van der Waals surface area contributed by atoms with E-state index in [0.717, 1.165) is 45.5 Å². The molecule has 0 fully saturated rings. The molecule has 8 heterocycles. The van der Waals surface area contributed by atoms with Crippen molar-refractivity contribution >= 4 is 155 Å². The minimum atomic E-state index is -3.76. The zero-order valence-electron chi connectivity index (χ0n) is 61.8. The molecule has 0 aliphatic rings. The predicted octanol–water partition coefficient (Wildman–Crippen LogP) is 4.05. The number of aromatic nitrogens is 19. The molecule has 22 N–H and O–H groups in total. The number of thiazole rings is 1. The summed E-state index contributed by atoms with van der Waals surface area (Å²) in [4.78, 5) is 26.4. The molecule has 0 bridgehead atoms. The normalized spacial score (nSPS) is 11.5. The van der Waals surface area contributed by atoms with Crippen LogP contribution in [0.25, 0.3) is 32.8 Å². The molecule has 116 heavy (non-hydrogen) atoms. The molecule has 0 aliphatic carbocycles. The quantitative estimate of drug-likeness (QED) is 0.0345. The Morgan fingerprint density at radius 3 is 1.16 bits per heavy atom. The second kappa shape index (κ2) is 36.7. The fraction of sp³-hybridized carbons (Fsp3) is 0.136. The van der Waals surface area contributed by atoms with Gasteiger partial charge in [-0.05, 0) is 192 Å². The van der Waals surface area contributed by atoms with Crippen LogP contribution in [0.15, 0.2) is 211 Å². The smallest absolute Gasteiger partial charge is 0.248 e. The molecule has 604 valence electrons. The number of nitrogen functional groups attached to an aromatic ring is 4. The van der Waals surface area contributed by atoms with Crippen LogP contribution in [0.5, 0.6) is 5.75 Å². The zero-order valence-corrected chi connectivity index (χ0v) is 66.7. The standard InChI is InChI=1S/C19H22N8O3S2.C18H16N8O2S2.C16H22N10O2S.C13H15N9O2S/c1-26(2)9-10-30-13-5-8-15-16(11-13)31-19(23-15)27-17(20)24-18(25-27)22-12-3-6-14(7-4-12)32(21,28)29;19-17-22-18(21-12-6-8-14(9-7-12)30(20,27)28)25-26(17)15-10-11-16(24-23-15)29-13-4-2-1-3-5-13;1-25(2)10-9-19-13-7-8-14(23-22-13)26-15(17)21-16(24-26)20-11-3-5-12(6-4-11)29(18,27)28;1-16-10-6-7-11(20-19-10)22-12(14)18-13(21-22)17-8-2-4-9(5-3-8)25(15,23)24/h3-8,11H,9-10H2,1-2H3,(H2,21,28,29)(H3,20,22,24,25);1-11H,(H2,20,27,28)(H3,19,21,22,25);3-8H,9-10H2,1-2H3,(H,19,22)(H2,18,27,28)(H3,17,20,21,24);2-7H,1H3,(H,16,19)(H2,15,23,24)(H3,14,17,18,21). The number of likely N-dealkylation sites (N-methyl/N-ethyl adjacent to an activating group) is 2. The summed E-state index contributed by atoms with van der Waals surface area (Å²) in [7, 11) is -5.30. The van der Waals surface area contributed by atoms with Crippen LogP contribution < -0.4 is 80.1 Å². The van der Waals surface area contributed by atoms with Crippen molar-refractivity contribution in [2.45, 2.75) is 29.5 Å². The van der Waals surface area contributed by atoms with Gasteiger partial charge in [0, 0.05) is 54.3 Å². The second-order valence-corrected chi connectivity index (χ2v) is 32.9.